The number of nitrogen functional groups attached to an aromatic ring is 1. The number of aryl methyl sites for hydroxylation is 1. The predicted octanol–water partition coefficient (Wildman–Crippen LogP) is 1.08. The molecule has 78 valence electrons. The van der Waals surface area contributed by atoms with Gasteiger partial charge in [0, 0.05) is 17.6 Å². The number of hydrogen-bond donors (Lipinski definition) is 1. The molecular weight excluding hydrogens is 217 g/mol. The molecule has 2 N–H and O–H groups in total. The first-order valence-corrected chi connectivity index (χ1v) is 4.93. The van der Waals surface area contributed by atoms with Gasteiger partial charge in [-0.1, -0.05) is 0 Å². The van der Waals surface area contributed by atoms with Crippen molar-refractivity contribution in [3.63, 3.8) is 0 Å². The molecule has 2 rings (SSSR count). The standard InChI is InChI=1S/C8H8FN5S/c1-14-8(11-12-13-14)15-7-4-5(9)2-3-6(7)10/h2-4H,10H2,1H3. The van der Waals surface area contributed by atoms with Crippen molar-refractivity contribution in [2.75, 3.05) is 5.73 Å². The second-order valence-corrected chi connectivity index (χ2v) is 3.88. The summed E-state index contributed by atoms with van der Waals surface area (Å²) in [7, 11) is 1.71. The monoisotopic (exact) mass is 225 g/mol. The van der Waals surface area contributed by atoms with E-state index < -0.39 is 0 Å². The summed E-state index contributed by atoms with van der Waals surface area (Å²) in [6, 6.07) is 4.18. The summed E-state index contributed by atoms with van der Waals surface area (Å²) >= 11 is 1.22. The first-order valence-electron chi connectivity index (χ1n) is 4.12. The maximum absolute atomic E-state index is 12.9. The van der Waals surface area contributed by atoms with Gasteiger partial charge in [-0.25, -0.2) is 9.07 Å². The SMILES string of the molecule is Cn1nnnc1Sc1cc(F)ccc1N. The Hall–Kier alpha value is -1.63. The zero-order valence-electron chi connectivity index (χ0n) is 7.88. The van der Waals surface area contributed by atoms with Gasteiger partial charge in [0.15, 0.2) is 0 Å². The zero-order valence-corrected chi connectivity index (χ0v) is 8.70. The lowest BCUT2D eigenvalue weighted by Gasteiger charge is -2.03. The highest BCUT2D eigenvalue weighted by Gasteiger charge is 2.08. The molecule has 7 heteroatoms. The Morgan fingerprint density at radius 1 is 1.47 bits per heavy atom. The van der Waals surface area contributed by atoms with Crippen molar-refractivity contribution in [2.45, 2.75) is 10.1 Å². The highest BCUT2D eigenvalue weighted by Crippen LogP contribution is 2.30. The van der Waals surface area contributed by atoms with Crippen molar-refractivity contribution in [3.05, 3.63) is 24.0 Å². The Balaban J connectivity index is 2.32. The normalized spacial score (nSPS) is 10.5. The Kier molecular flexibility index (Phi) is 2.55. The molecule has 1 aromatic heterocycles. The Morgan fingerprint density at radius 2 is 2.27 bits per heavy atom. The van der Waals surface area contributed by atoms with E-state index in [4.69, 9.17) is 5.73 Å². The third-order valence-corrected chi connectivity index (χ3v) is 2.86. The molecule has 0 atom stereocenters. The minimum absolute atomic E-state index is 0.332. The highest BCUT2D eigenvalue weighted by molar-refractivity contribution is 7.99. The molecule has 0 radical (unpaired) electrons. The number of halogens is 1. The number of nitrogens with zero attached hydrogens (tertiary/aromatic N) is 4. The van der Waals surface area contributed by atoms with Crippen LogP contribution in [0.1, 0.15) is 0 Å². The fraction of sp³-hybridized carbons (Fsp3) is 0.125. The van der Waals surface area contributed by atoms with Crippen molar-refractivity contribution in [1.82, 2.24) is 20.2 Å². The average Bonchev–Trinajstić information content (AvgIpc) is 2.58. The van der Waals surface area contributed by atoms with E-state index in [1.54, 1.807) is 7.05 Å². The van der Waals surface area contributed by atoms with Gasteiger partial charge in [-0.05, 0) is 40.4 Å². The molecule has 0 fully saturated rings. The van der Waals surface area contributed by atoms with E-state index in [1.165, 1.54) is 34.6 Å². The first kappa shape index (κ1) is 9.91. The largest absolute Gasteiger partial charge is 0.398 e. The minimum atomic E-state index is -0.332. The molecule has 5 nitrogen and oxygen atoms in total. The molecule has 0 spiro atoms. The predicted molar refractivity (Wildman–Crippen MR) is 53.7 cm³/mol. The van der Waals surface area contributed by atoms with Gasteiger partial charge in [0.2, 0.25) is 5.16 Å². The molecule has 0 aliphatic rings. The van der Waals surface area contributed by atoms with Gasteiger partial charge in [0.05, 0.1) is 0 Å². The van der Waals surface area contributed by atoms with Gasteiger partial charge in [0.25, 0.3) is 0 Å². The van der Waals surface area contributed by atoms with Crippen molar-refractivity contribution < 1.29 is 4.39 Å². The Labute approximate surface area is 89.5 Å². The molecule has 0 amide bonds. The molecular formula is C8H8FN5S. The second-order valence-electron chi connectivity index (χ2n) is 2.87. The molecule has 0 aliphatic heterocycles. The minimum Gasteiger partial charge on any atom is -0.398 e. The van der Waals surface area contributed by atoms with Crippen LogP contribution < -0.4 is 5.73 Å². The molecule has 0 bridgehead atoms. The molecule has 2 aromatic rings. The van der Waals surface area contributed by atoms with E-state index in [0.29, 0.717) is 15.7 Å². The number of nitrogens with two attached hydrogens (primary N) is 1. The molecule has 0 unspecified atom stereocenters. The topological polar surface area (TPSA) is 69.6 Å². The fourth-order valence-corrected chi connectivity index (χ4v) is 1.80. The maximum atomic E-state index is 12.9. The molecule has 1 heterocycles. The summed E-state index contributed by atoms with van der Waals surface area (Å²) in [6.45, 7) is 0. The molecule has 0 aliphatic carbocycles. The van der Waals surface area contributed by atoms with E-state index in [2.05, 4.69) is 15.5 Å². The Bertz CT molecular complexity index is 484. The number of benzene rings is 1. The van der Waals surface area contributed by atoms with Crippen LogP contribution in [0.2, 0.25) is 0 Å². The zero-order chi connectivity index (χ0) is 10.8. The molecule has 0 saturated heterocycles. The average molecular weight is 225 g/mol. The molecule has 1 aromatic carbocycles. The number of rotatable bonds is 2. The van der Waals surface area contributed by atoms with Crippen LogP contribution in [0.3, 0.4) is 0 Å². The molecule has 0 saturated carbocycles. The van der Waals surface area contributed by atoms with Crippen LogP contribution >= 0.6 is 11.8 Å². The third-order valence-electron chi connectivity index (χ3n) is 1.76. The number of aromatic nitrogens is 4. The van der Waals surface area contributed by atoms with Gasteiger partial charge >= 0.3 is 0 Å². The van der Waals surface area contributed by atoms with Crippen molar-refractivity contribution in [2.24, 2.45) is 7.05 Å². The smallest absolute Gasteiger partial charge is 0.213 e. The second kappa shape index (κ2) is 3.85. The van der Waals surface area contributed by atoms with E-state index in [9.17, 15) is 4.39 Å². The van der Waals surface area contributed by atoms with Crippen LogP contribution in [-0.4, -0.2) is 20.2 Å². The lowest BCUT2D eigenvalue weighted by Crippen LogP contribution is -1.94. The maximum Gasteiger partial charge on any atom is 0.213 e. The van der Waals surface area contributed by atoms with E-state index in [-0.39, 0.29) is 5.82 Å². The van der Waals surface area contributed by atoms with Crippen LogP contribution in [-0.2, 0) is 7.05 Å². The lowest BCUT2D eigenvalue weighted by molar-refractivity contribution is 0.624. The van der Waals surface area contributed by atoms with Crippen molar-refractivity contribution in [3.8, 4) is 0 Å². The van der Waals surface area contributed by atoms with E-state index >= 15 is 0 Å². The quantitative estimate of drug-likeness (QED) is 0.774. The van der Waals surface area contributed by atoms with Crippen LogP contribution in [0.25, 0.3) is 0 Å². The van der Waals surface area contributed by atoms with Crippen LogP contribution in [0.5, 0.6) is 0 Å². The summed E-state index contributed by atoms with van der Waals surface area (Å²) < 4.78 is 14.4. The lowest BCUT2D eigenvalue weighted by atomic mass is 10.3. The van der Waals surface area contributed by atoms with Gasteiger partial charge in [0.1, 0.15) is 5.82 Å². The van der Waals surface area contributed by atoms with Gasteiger partial charge in [-0.2, -0.15) is 0 Å². The van der Waals surface area contributed by atoms with Crippen molar-refractivity contribution in [1.29, 1.82) is 0 Å². The van der Waals surface area contributed by atoms with Crippen LogP contribution in [0, 0.1) is 5.82 Å². The summed E-state index contributed by atoms with van der Waals surface area (Å²) in [6.07, 6.45) is 0. The summed E-state index contributed by atoms with van der Waals surface area (Å²) in [5.41, 5.74) is 6.19. The fourth-order valence-electron chi connectivity index (χ4n) is 1.00. The highest BCUT2D eigenvalue weighted by atomic mass is 32.2. The summed E-state index contributed by atoms with van der Waals surface area (Å²) in [5.74, 6) is -0.332. The van der Waals surface area contributed by atoms with Crippen molar-refractivity contribution >= 4 is 17.4 Å². The number of anilines is 1. The molecule has 15 heavy (non-hydrogen) atoms. The summed E-state index contributed by atoms with van der Waals surface area (Å²) in [5, 5.41) is 11.5. The first-order chi connectivity index (χ1) is 7.16. The van der Waals surface area contributed by atoms with E-state index in [0.717, 1.165) is 0 Å². The van der Waals surface area contributed by atoms with Gasteiger partial charge in [-0.3, -0.25) is 0 Å². The summed E-state index contributed by atoms with van der Waals surface area (Å²) in [4.78, 5) is 0.605. The number of tetrazole rings is 1. The third kappa shape index (κ3) is 2.07. The Morgan fingerprint density at radius 3 is 2.93 bits per heavy atom. The van der Waals surface area contributed by atoms with Crippen LogP contribution in [0.15, 0.2) is 28.3 Å². The van der Waals surface area contributed by atoms with Gasteiger partial charge < -0.3 is 5.73 Å². The van der Waals surface area contributed by atoms with Gasteiger partial charge in [-0.15, -0.1) is 5.10 Å². The number of hydrogen-bond acceptors (Lipinski definition) is 5. The van der Waals surface area contributed by atoms with E-state index in [1.807, 2.05) is 0 Å². The van der Waals surface area contributed by atoms with Crippen LogP contribution in [0.4, 0.5) is 10.1 Å².